The Morgan fingerprint density at radius 1 is 1.24 bits per heavy atom. The third-order valence-corrected chi connectivity index (χ3v) is 4.87. The van der Waals surface area contributed by atoms with E-state index in [9.17, 15) is 0 Å². The lowest BCUT2D eigenvalue weighted by Crippen LogP contribution is -2.38. The Hall–Kier alpha value is -0.820. The molecule has 1 aliphatic heterocycles. The summed E-state index contributed by atoms with van der Waals surface area (Å²) >= 11 is 0. The molecule has 1 fully saturated rings. The molecule has 1 heterocycles. The molecule has 4 nitrogen and oxygen atoms in total. The minimum absolute atomic E-state index is 0. The minimum atomic E-state index is 0. The summed E-state index contributed by atoms with van der Waals surface area (Å²) in [6.07, 6.45) is 5.22. The highest BCUT2D eigenvalue weighted by atomic mass is 127. The van der Waals surface area contributed by atoms with Crippen molar-refractivity contribution in [3.8, 4) is 0 Å². The molecule has 1 unspecified atom stereocenters. The van der Waals surface area contributed by atoms with Crippen molar-refractivity contribution in [3.05, 3.63) is 35.4 Å². The lowest BCUT2D eigenvalue weighted by Gasteiger charge is -2.30. The van der Waals surface area contributed by atoms with Crippen molar-refractivity contribution in [2.24, 2.45) is 10.9 Å². The van der Waals surface area contributed by atoms with E-state index in [1.807, 2.05) is 7.05 Å². The van der Waals surface area contributed by atoms with Gasteiger partial charge in [0.05, 0.1) is 0 Å². The quantitative estimate of drug-likeness (QED) is 0.283. The van der Waals surface area contributed by atoms with Gasteiger partial charge in [0, 0.05) is 26.7 Å². The predicted octanol–water partition coefficient (Wildman–Crippen LogP) is 3.79. The fourth-order valence-corrected chi connectivity index (χ4v) is 3.36. The van der Waals surface area contributed by atoms with E-state index in [1.165, 1.54) is 56.4 Å². The highest BCUT2D eigenvalue weighted by molar-refractivity contribution is 14.0. The molecule has 0 radical (unpaired) electrons. The standard InChI is InChI=1S/C20H34N4.HI/c1-17-9-8-14-24(16-17)13-7-6-12-22-20(21-3)23-15-19-11-5-4-10-18(19)2;/h4-5,10-11,17H,6-9,12-16H2,1-3H3,(H2,21,22,23);1H. The molecule has 25 heavy (non-hydrogen) atoms. The van der Waals surface area contributed by atoms with E-state index in [2.05, 4.69) is 58.6 Å². The molecule has 2 rings (SSSR count). The summed E-state index contributed by atoms with van der Waals surface area (Å²) in [6, 6.07) is 8.47. The molecule has 2 N–H and O–H groups in total. The van der Waals surface area contributed by atoms with Gasteiger partial charge in [-0.2, -0.15) is 0 Å². The first kappa shape index (κ1) is 22.2. The van der Waals surface area contributed by atoms with E-state index < -0.39 is 0 Å². The first-order chi connectivity index (χ1) is 11.7. The molecule has 5 heteroatoms. The van der Waals surface area contributed by atoms with E-state index in [4.69, 9.17) is 0 Å². The van der Waals surface area contributed by atoms with Gasteiger partial charge in [-0.15, -0.1) is 24.0 Å². The van der Waals surface area contributed by atoms with Gasteiger partial charge in [0.25, 0.3) is 0 Å². The number of guanidine groups is 1. The number of nitrogens with one attached hydrogen (secondary N) is 2. The van der Waals surface area contributed by atoms with Crippen LogP contribution in [0, 0.1) is 12.8 Å². The van der Waals surface area contributed by atoms with Crippen LogP contribution in [0.3, 0.4) is 0 Å². The van der Waals surface area contributed by atoms with Crippen LogP contribution in [0.15, 0.2) is 29.3 Å². The number of halogens is 1. The first-order valence-corrected chi connectivity index (χ1v) is 9.40. The monoisotopic (exact) mass is 458 g/mol. The van der Waals surface area contributed by atoms with Crippen LogP contribution in [-0.4, -0.2) is 44.1 Å². The van der Waals surface area contributed by atoms with Crippen LogP contribution in [0.4, 0.5) is 0 Å². The van der Waals surface area contributed by atoms with Gasteiger partial charge in [0.15, 0.2) is 5.96 Å². The fraction of sp³-hybridized carbons (Fsp3) is 0.650. The van der Waals surface area contributed by atoms with Gasteiger partial charge in [-0.3, -0.25) is 4.99 Å². The molecule has 1 aromatic rings. The number of hydrogen-bond acceptors (Lipinski definition) is 2. The molecule has 1 saturated heterocycles. The summed E-state index contributed by atoms with van der Waals surface area (Å²) in [6.45, 7) is 10.1. The average Bonchev–Trinajstić information content (AvgIpc) is 2.58. The Labute approximate surface area is 170 Å². The molecule has 0 spiro atoms. The number of unbranched alkanes of at least 4 members (excludes halogenated alkanes) is 1. The number of aliphatic imine (C=N–C) groups is 1. The topological polar surface area (TPSA) is 39.7 Å². The van der Waals surface area contributed by atoms with Crippen molar-refractivity contribution >= 4 is 29.9 Å². The zero-order chi connectivity index (χ0) is 17.2. The van der Waals surface area contributed by atoms with Crippen LogP contribution in [0.25, 0.3) is 0 Å². The molecular formula is C20H35IN4. The van der Waals surface area contributed by atoms with Crippen LogP contribution in [0.5, 0.6) is 0 Å². The molecule has 0 aromatic heterocycles. The lowest BCUT2D eigenvalue weighted by atomic mass is 10.0. The van der Waals surface area contributed by atoms with Crippen molar-refractivity contribution in [3.63, 3.8) is 0 Å². The van der Waals surface area contributed by atoms with E-state index in [0.29, 0.717) is 0 Å². The summed E-state index contributed by atoms with van der Waals surface area (Å²) in [7, 11) is 1.84. The summed E-state index contributed by atoms with van der Waals surface area (Å²) in [5, 5.41) is 6.83. The van der Waals surface area contributed by atoms with Gasteiger partial charge >= 0.3 is 0 Å². The van der Waals surface area contributed by atoms with Gasteiger partial charge in [0.1, 0.15) is 0 Å². The Bertz CT molecular complexity index is 518. The molecule has 1 aliphatic rings. The molecule has 1 aromatic carbocycles. The van der Waals surface area contributed by atoms with Gasteiger partial charge < -0.3 is 15.5 Å². The van der Waals surface area contributed by atoms with Crippen LogP contribution < -0.4 is 10.6 Å². The molecule has 0 saturated carbocycles. The summed E-state index contributed by atoms with van der Waals surface area (Å²) in [5.74, 6) is 1.77. The third kappa shape index (κ3) is 8.40. The predicted molar refractivity (Wildman–Crippen MR) is 119 cm³/mol. The van der Waals surface area contributed by atoms with Crippen molar-refractivity contribution in [2.75, 3.05) is 33.2 Å². The van der Waals surface area contributed by atoms with Crippen LogP contribution in [-0.2, 0) is 6.54 Å². The molecule has 0 bridgehead atoms. The minimum Gasteiger partial charge on any atom is -0.356 e. The maximum absolute atomic E-state index is 4.31. The van der Waals surface area contributed by atoms with Crippen molar-refractivity contribution < 1.29 is 0 Å². The largest absolute Gasteiger partial charge is 0.356 e. The van der Waals surface area contributed by atoms with Crippen LogP contribution >= 0.6 is 24.0 Å². The molecule has 0 aliphatic carbocycles. The lowest BCUT2D eigenvalue weighted by molar-refractivity contribution is 0.181. The van der Waals surface area contributed by atoms with Crippen molar-refractivity contribution in [1.82, 2.24) is 15.5 Å². The SMILES string of the molecule is CN=C(NCCCCN1CCCC(C)C1)NCc1ccccc1C.I. The van der Waals surface area contributed by atoms with E-state index in [0.717, 1.165) is 25.0 Å². The first-order valence-electron chi connectivity index (χ1n) is 9.40. The number of piperidine rings is 1. The van der Waals surface area contributed by atoms with Crippen molar-refractivity contribution in [2.45, 2.75) is 46.1 Å². The second kappa shape index (κ2) is 12.5. The molecule has 0 amide bonds. The highest BCUT2D eigenvalue weighted by Gasteiger charge is 2.15. The number of aryl methyl sites for hydroxylation is 1. The maximum atomic E-state index is 4.31. The fourth-order valence-electron chi connectivity index (χ4n) is 3.36. The zero-order valence-electron chi connectivity index (χ0n) is 16.1. The zero-order valence-corrected chi connectivity index (χ0v) is 18.4. The summed E-state index contributed by atoms with van der Waals surface area (Å²) in [5.41, 5.74) is 2.64. The van der Waals surface area contributed by atoms with E-state index in [-0.39, 0.29) is 24.0 Å². The number of rotatable bonds is 7. The van der Waals surface area contributed by atoms with Crippen LogP contribution in [0.2, 0.25) is 0 Å². The maximum Gasteiger partial charge on any atom is 0.191 e. The van der Waals surface area contributed by atoms with E-state index in [1.54, 1.807) is 0 Å². The normalized spacial score (nSPS) is 18.5. The number of nitrogens with zero attached hydrogens (tertiary/aromatic N) is 2. The number of hydrogen-bond donors (Lipinski definition) is 2. The second-order valence-electron chi connectivity index (χ2n) is 7.03. The van der Waals surface area contributed by atoms with E-state index >= 15 is 0 Å². The molecule has 142 valence electrons. The second-order valence-corrected chi connectivity index (χ2v) is 7.03. The summed E-state index contributed by atoms with van der Waals surface area (Å²) in [4.78, 5) is 6.94. The number of likely N-dealkylation sites (tertiary alicyclic amines) is 1. The van der Waals surface area contributed by atoms with Gasteiger partial charge in [-0.25, -0.2) is 0 Å². The van der Waals surface area contributed by atoms with Gasteiger partial charge in [-0.05, 0) is 62.7 Å². The molecule has 1 atom stereocenters. The summed E-state index contributed by atoms with van der Waals surface area (Å²) < 4.78 is 0. The molecular weight excluding hydrogens is 423 g/mol. The smallest absolute Gasteiger partial charge is 0.191 e. The van der Waals surface area contributed by atoms with Gasteiger partial charge in [0.2, 0.25) is 0 Å². The average molecular weight is 458 g/mol. The highest BCUT2D eigenvalue weighted by Crippen LogP contribution is 2.15. The number of benzene rings is 1. The van der Waals surface area contributed by atoms with Crippen LogP contribution in [0.1, 0.15) is 43.7 Å². The Morgan fingerprint density at radius 3 is 2.76 bits per heavy atom. The van der Waals surface area contributed by atoms with Gasteiger partial charge in [-0.1, -0.05) is 31.2 Å². The Kier molecular flexibility index (Phi) is 11.1. The Morgan fingerprint density at radius 2 is 2.04 bits per heavy atom. The Balaban J connectivity index is 0.00000312. The third-order valence-electron chi connectivity index (χ3n) is 4.87. The van der Waals surface area contributed by atoms with Crippen molar-refractivity contribution in [1.29, 1.82) is 0 Å².